The fourth-order valence-corrected chi connectivity index (χ4v) is 2.61. The summed E-state index contributed by atoms with van der Waals surface area (Å²) in [5, 5.41) is 13.8. The van der Waals surface area contributed by atoms with Crippen molar-refractivity contribution in [3.63, 3.8) is 0 Å². The number of aromatic amines is 1. The number of aliphatic hydroxyl groups excluding tert-OH is 1. The number of nitrogens with one attached hydrogen (secondary N) is 2. The van der Waals surface area contributed by atoms with E-state index < -0.39 is 0 Å². The average molecular weight is 329 g/mol. The van der Waals surface area contributed by atoms with Crippen LogP contribution in [0, 0.1) is 0 Å². The number of aromatic nitrogens is 1. The summed E-state index contributed by atoms with van der Waals surface area (Å²) in [6.45, 7) is 1.05. The van der Waals surface area contributed by atoms with Crippen LogP contribution in [0.4, 0.5) is 0 Å². The lowest BCUT2D eigenvalue weighted by atomic mass is 10.1. The van der Waals surface area contributed by atoms with Crippen molar-refractivity contribution in [2.75, 3.05) is 0 Å². The third-order valence-corrected chi connectivity index (χ3v) is 4.01. The first kappa shape index (κ1) is 15.7. The second-order valence-electron chi connectivity index (χ2n) is 5.41. The van der Waals surface area contributed by atoms with Crippen LogP contribution in [0.1, 0.15) is 16.7 Å². The van der Waals surface area contributed by atoms with Crippen molar-refractivity contribution in [1.82, 2.24) is 10.3 Å². The molecule has 0 saturated carbocycles. The number of H-pyrrole nitrogens is 1. The van der Waals surface area contributed by atoms with Gasteiger partial charge in [-0.1, -0.05) is 29.8 Å². The van der Waals surface area contributed by atoms with Gasteiger partial charge in [-0.25, -0.2) is 0 Å². The van der Waals surface area contributed by atoms with Gasteiger partial charge >= 0.3 is 0 Å². The molecule has 0 unspecified atom stereocenters. The molecule has 23 heavy (non-hydrogen) atoms. The van der Waals surface area contributed by atoms with Crippen molar-refractivity contribution in [3.8, 4) is 0 Å². The van der Waals surface area contributed by atoms with Gasteiger partial charge in [-0.2, -0.15) is 0 Å². The number of hydrogen-bond acceptors (Lipinski definition) is 3. The van der Waals surface area contributed by atoms with Crippen LogP contribution in [0.2, 0.25) is 5.02 Å². The van der Waals surface area contributed by atoms with E-state index in [9.17, 15) is 9.90 Å². The molecule has 3 aromatic rings. The molecule has 0 saturated heterocycles. The third kappa shape index (κ3) is 3.62. The molecule has 4 nitrogen and oxygen atoms in total. The highest BCUT2D eigenvalue weighted by Gasteiger charge is 2.06. The summed E-state index contributed by atoms with van der Waals surface area (Å²) in [4.78, 5) is 15.7. The quantitative estimate of drug-likeness (QED) is 0.674. The van der Waals surface area contributed by atoms with E-state index in [4.69, 9.17) is 11.6 Å². The van der Waals surface area contributed by atoms with E-state index in [-0.39, 0.29) is 12.0 Å². The lowest BCUT2D eigenvalue weighted by Crippen LogP contribution is -2.19. The summed E-state index contributed by atoms with van der Waals surface area (Å²) in [7, 11) is 0. The van der Waals surface area contributed by atoms with E-state index >= 15 is 0 Å². The van der Waals surface area contributed by atoms with E-state index in [2.05, 4.69) is 10.3 Å². The van der Waals surface area contributed by atoms with Gasteiger partial charge in [0.25, 0.3) is 0 Å². The number of aliphatic hydroxyl groups is 1. The Balaban J connectivity index is 1.76. The Bertz CT molecular complexity index is 872. The molecule has 0 spiro atoms. The van der Waals surface area contributed by atoms with Gasteiger partial charge in [0.1, 0.15) is 0 Å². The van der Waals surface area contributed by atoms with Crippen LogP contribution >= 0.6 is 11.6 Å². The number of benzene rings is 2. The summed E-state index contributed by atoms with van der Waals surface area (Å²) in [5.74, 6) is 0. The zero-order valence-corrected chi connectivity index (χ0v) is 13.2. The highest BCUT2D eigenvalue weighted by molar-refractivity contribution is 6.30. The summed E-state index contributed by atoms with van der Waals surface area (Å²) < 4.78 is 0. The molecule has 1 aromatic heterocycles. The van der Waals surface area contributed by atoms with Crippen molar-refractivity contribution in [2.24, 2.45) is 0 Å². The predicted octanol–water partition coefficient (Wildman–Crippen LogP) is 2.96. The number of rotatable bonds is 5. The first-order chi connectivity index (χ1) is 11.2. The van der Waals surface area contributed by atoms with Gasteiger partial charge in [0.05, 0.1) is 6.61 Å². The van der Waals surface area contributed by atoms with Gasteiger partial charge in [0, 0.05) is 40.8 Å². The maximum Gasteiger partial charge on any atom is 0.193 e. The van der Waals surface area contributed by atoms with Crippen LogP contribution in [0.5, 0.6) is 0 Å². The number of fused-ring (bicyclic) bond motifs is 1. The van der Waals surface area contributed by atoms with Gasteiger partial charge in [-0.05, 0) is 35.4 Å². The van der Waals surface area contributed by atoms with Crippen LogP contribution in [-0.4, -0.2) is 10.1 Å². The van der Waals surface area contributed by atoms with Crippen LogP contribution in [0.3, 0.4) is 0 Å². The molecule has 0 aliphatic carbocycles. The van der Waals surface area contributed by atoms with Crippen molar-refractivity contribution >= 4 is 22.5 Å². The van der Waals surface area contributed by atoms with Crippen molar-refractivity contribution in [1.29, 1.82) is 0 Å². The molecule has 5 heteroatoms. The fourth-order valence-electron chi connectivity index (χ4n) is 2.48. The van der Waals surface area contributed by atoms with Gasteiger partial charge in [0.2, 0.25) is 0 Å². The van der Waals surface area contributed by atoms with Crippen LogP contribution in [-0.2, 0) is 19.7 Å². The fraction of sp³-hybridized carbons (Fsp3) is 0.167. The first-order valence-electron chi connectivity index (χ1n) is 7.36. The minimum atomic E-state index is -0.0750. The van der Waals surface area contributed by atoms with E-state index in [0.717, 1.165) is 16.6 Å². The number of hydrogen-bond donors (Lipinski definition) is 3. The molecule has 0 fully saturated rings. The largest absolute Gasteiger partial charge is 0.392 e. The molecule has 0 radical (unpaired) electrons. The minimum absolute atomic E-state index is 0.0161. The lowest BCUT2D eigenvalue weighted by Gasteiger charge is -2.07. The molecular formula is C18H17ClN2O2. The topological polar surface area (TPSA) is 65.1 Å². The zero-order chi connectivity index (χ0) is 16.2. The van der Waals surface area contributed by atoms with Crippen LogP contribution in [0.25, 0.3) is 10.9 Å². The number of halogens is 1. The van der Waals surface area contributed by atoms with E-state index in [0.29, 0.717) is 29.1 Å². The van der Waals surface area contributed by atoms with E-state index in [1.54, 1.807) is 18.3 Å². The minimum Gasteiger partial charge on any atom is -0.392 e. The Morgan fingerprint density at radius 3 is 2.52 bits per heavy atom. The summed E-state index contributed by atoms with van der Waals surface area (Å²) in [5.41, 5.74) is 3.26. The molecule has 0 aliphatic heterocycles. The molecule has 1 heterocycles. The Morgan fingerprint density at radius 1 is 1.04 bits per heavy atom. The van der Waals surface area contributed by atoms with E-state index in [1.165, 1.54) is 0 Å². The smallest absolute Gasteiger partial charge is 0.193 e. The molecule has 3 rings (SSSR count). The summed E-state index contributed by atoms with van der Waals surface area (Å²) >= 11 is 5.86. The third-order valence-electron chi connectivity index (χ3n) is 3.76. The standard InChI is InChI=1S/C18H17ClN2O2/c19-15-4-1-12(2-5-15)8-20-9-14-10-21-17-6-3-13(11-22)7-16(17)18(14)23/h1-7,10,20,22H,8-9,11H2,(H,21,23). The van der Waals surface area contributed by atoms with Crippen LogP contribution < -0.4 is 10.7 Å². The molecule has 2 aromatic carbocycles. The Kier molecular flexibility index (Phi) is 4.76. The first-order valence-corrected chi connectivity index (χ1v) is 7.74. The average Bonchev–Trinajstić information content (AvgIpc) is 2.58. The Hall–Kier alpha value is -2.14. The Labute approximate surface area is 138 Å². The van der Waals surface area contributed by atoms with Crippen molar-refractivity contribution in [2.45, 2.75) is 19.7 Å². The molecule has 0 aliphatic rings. The van der Waals surface area contributed by atoms with Gasteiger partial charge in [-0.3, -0.25) is 4.79 Å². The zero-order valence-electron chi connectivity index (χ0n) is 12.5. The molecule has 0 atom stereocenters. The maximum atomic E-state index is 12.5. The predicted molar refractivity (Wildman–Crippen MR) is 92.5 cm³/mol. The summed E-state index contributed by atoms with van der Waals surface area (Å²) in [6, 6.07) is 12.9. The molecule has 3 N–H and O–H groups in total. The molecule has 118 valence electrons. The second-order valence-corrected chi connectivity index (χ2v) is 5.85. The SMILES string of the molecule is O=c1c(CNCc2ccc(Cl)cc2)c[nH]c2ccc(CO)cc12. The molecule has 0 amide bonds. The summed E-state index contributed by atoms with van der Waals surface area (Å²) in [6.07, 6.45) is 1.73. The van der Waals surface area contributed by atoms with E-state index in [1.807, 2.05) is 30.3 Å². The number of pyridine rings is 1. The maximum absolute atomic E-state index is 12.5. The molecule has 0 bridgehead atoms. The van der Waals surface area contributed by atoms with Gasteiger partial charge in [0.15, 0.2) is 5.43 Å². The normalized spacial score (nSPS) is 11.0. The molecular weight excluding hydrogens is 312 g/mol. The van der Waals surface area contributed by atoms with Gasteiger partial charge < -0.3 is 15.4 Å². The van der Waals surface area contributed by atoms with Gasteiger partial charge in [-0.15, -0.1) is 0 Å². The Morgan fingerprint density at radius 2 is 1.78 bits per heavy atom. The second kappa shape index (κ2) is 6.96. The van der Waals surface area contributed by atoms with Crippen molar-refractivity contribution in [3.05, 3.63) is 80.6 Å². The van der Waals surface area contributed by atoms with Crippen molar-refractivity contribution < 1.29 is 5.11 Å². The highest BCUT2D eigenvalue weighted by atomic mass is 35.5. The highest BCUT2D eigenvalue weighted by Crippen LogP contribution is 2.12. The van der Waals surface area contributed by atoms with Crippen LogP contribution in [0.15, 0.2) is 53.5 Å². The lowest BCUT2D eigenvalue weighted by molar-refractivity contribution is 0.282. The monoisotopic (exact) mass is 328 g/mol.